The molecule has 0 aliphatic carbocycles. The van der Waals surface area contributed by atoms with E-state index >= 15 is 0 Å². The number of aromatic nitrogens is 1. The van der Waals surface area contributed by atoms with E-state index in [0.717, 1.165) is 6.07 Å². The Morgan fingerprint density at radius 3 is 2.50 bits per heavy atom. The molecule has 0 radical (unpaired) electrons. The van der Waals surface area contributed by atoms with Crippen LogP contribution in [0.1, 0.15) is 5.69 Å². The largest absolute Gasteiger partial charge is 0.431 e. The van der Waals surface area contributed by atoms with Gasteiger partial charge in [0.15, 0.2) is 0 Å². The van der Waals surface area contributed by atoms with Crippen molar-refractivity contribution in [2.45, 2.75) is 6.18 Å². The predicted octanol–water partition coefficient (Wildman–Crippen LogP) is 2.77. The molecule has 2 rings (SSSR count). The first-order valence-corrected chi connectivity index (χ1v) is 3.92. The van der Waals surface area contributed by atoms with Gasteiger partial charge in [0.1, 0.15) is 5.69 Å². The minimum absolute atomic E-state index is 0.400. The first-order valence-electron chi connectivity index (χ1n) is 3.92. The molecule has 0 fully saturated rings. The molecule has 0 amide bonds. The predicted molar refractivity (Wildman–Crippen MR) is 47.7 cm³/mol. The van der Waals surface area contributed by atoms with Crippen LogP contribution in [0.25, 0.3) is 10.9 Å². The van der Waals surface area contributed by atoms with Crippen molar-refractivity contribution in [1.82, 2.24) is 4.98 Å². The zero-order valence-corrected chi connectivity index (χ0v) is 7.02. The van der Waals surface area contributed by atoms with Crippen molar-refractivity contribution in [3.63, 3.8) is 0 Å². The van der Waals surface area contributed by atoms with Crippen molar-refractivity contribution in [1.29, 1.82) is 0 Å². The Morgan fingerprint density at radius 2 is 1.86 bits per heavy atom. The van der Waals surface area contributed by atoms with Crippen LogP contribution in [0.2, 0.25) is 0 Å². The number of nitrogens with two attached hydrogens (primary N) is 1. The van der Waals surface area contributed by atoms with Gasteiger partial charge in [-0.3, -0.25) is 0 Å². The number of rotatable bonds is 0. The molecule has 1 aromatic carbocycles. The van der Waals surface area contributed by atoms with Crippen LogP contribution in [0.5, 0.6) is 0 Å². The van der Waals surface area contributed by atoms with Gasteiger partial charge in [-0.25, -0.2) is 0 Å². The summed E-state index contributed by atoms with van der Waals surface area (Å²) in [7, 11) is 0. The van der Waals surface area contributed by atoms with E-state index in [0.29, 0.717) is 16.6 Å². The Kier molecular flexibility index (Phi) is 1.70. The average Bonchev–Trinajstić information content (AvgIpc) is 2.45. The van der Waals surface area contributed by atoms with Crippen LogP contribution in [0.3, 0.4) is 0 Å². The summed E-state index contributed by atoms with van der Waals surface area (Å²) in [6.07, 6.45) is -4.34. The van der Waals surface area contributed by atoms with Gasteiger partial charge in [-0.05, 0) is 18.2 Å². The molecular weight excluding hydrogens is 193 g/mol. The quantitative estimate of drug-likeness (QED) is 0.631. The fourth-order valence-electron chi connectivity index (χ4n) is 1.30. The highest BCUT2D eigenvalue weighted by atomic mass is 19.4. The van der Waals surface area contributed by atoms with E-state index < -0.39 is 11.9 Å². The SMILES string of the molecule is Nc1ccc2cc(C(F)(F)F)[nH]c2c1. The molecule has 1 heterocycles. The lowest BCUT2D eigenvalue weighted by Gasteiger charge is -2.00. The maximum absolute atomic E-state index is 12.3. The molecule has 5 heteroatoms. The lowest BCUT2D eigenvalue weighted by Crippen LogP contribution is -2.04. The second-order valence-electron chi connectivity index (χ2n) is 3.03. The summed E-state index contributed by atoms with van der Waals surface area (Å²) >= 11 is 0. The van der Waals surface area contributed by atoms with Crippen LogP contribution in [0.15, 0.2) is 24.3 Å². The Balaban J connectivity index is 2.63. The Hall–Kier alpha value is -1.65. The fourth-order valence-corrected chi connectivity index (χ4v) is 1.30. The zero-order chi connectivity index (χ0) is 10.3. The van der Waals surface area contributed by atoms with Crippen molar-refractivity contribution in [2.75, 3.05) is 5.73 Å². The number of alkyl halides is 3. The summed E-state index contributed by atoms with van der Waals surface area (Å²) in [6, 6.07) is 5.66. The lowest BCUT2D eigenvalue weighted by atomic mass is 10.2. The highest BCUT2D eigenvalue weighted by Crippen LogP contribution is 2.31. The molecule has 0 aliphatic heterocycles. The van der Waals surface area contributed by atoms with Gasteiger partial charge in [-0.15, -0.1) is 0 Å². The van der Waals surface area contributed by atoms with Crippen molar-refractivity contribution in [2.24, 2.45) is 0 Å². The maximum atomic E-state index is 12.3. The zero-order valence-electron chi connectivity index (χ0n) is 7.02. The number of hydrogen-bond donors (Lipinski definition) is 2. The minimum atomic E-state index is -4.34. The van der Waals surface area contributed by atoms with Crippen LogP contribution >= 0.6 is 0 Å². The molecule has 3 N–H and O–H groups in total. The molecule has 1 aromatic heterocycles. The monoisotopic (exact) mass is 200 g/mol. The van der Waals surface area contributed by atoms with E-state index in [1.165, 1.54) is 6.07 Å². The van der Waals surface area contributed by atoms with Gasteiger partial charge in [0.05, 0.1) is 0 Å². The third-order valence-corrected chi connectivity index (χ3v) is 1.95. The molecule has 0 saturated heterocycles. The normalized spacial score (nSPS) is 12.2. The van der Waals surface area contributed by atoms with Crippen LogP contribution in [0, 0.1) is 0 Å². The van der Waals surface area contributed by atoms with E-state index in [1.807, 2.05) is 0 Å². The first kappa shape index (κ1) is 8.93. The summed E-state index contributed by atoms with van der Waals surface area (Å²) in [5.41, 5.74) is 5.53. The molecule has 0 saturated carbocycles. The van der Waals surface area contributed by atoms with E-state index in [1.54, 1.807) is 12.1 Å². The highest BCUT2D eigenvalue weighted by Gasteiger charge is 2.32. The fraction of sp³-hybridized carbons (Fsp3) is 0.111. The number of nitrogens with one attached hydrogen (secondary N) is 1. The van der Waals surface area contributed by atoms with Crippen molar-refractivity contribution in [3.8, 4) is 0 Å². The second kappa shape index (κ2) is 2.67. The van der Waals surface area contributed by atoms with Gasteiger partial charge in [-0.1, -0.05) is 6.07 Å². The molecule has 0 unspecified atom stereocenters. The summed E-state index contributed by atoms with van der Waals surface area (Å²) in [5, 5.41) is 0.506. The summed E-state index contributed by atoms with van der Waals surface area (Å²) in [6.45, 7) is 0. The topological polar surface area (TPSA) is 41.8 Å². The van der Waals surface area contributed by atoms with Crippen molar-refractivity contribution < 1.29 is 13.2 Å². The Labute approximate surface area is 77.5 Å². The smallest absolute Gasteiger partial charge is 0.399 e. The molecule has 0 atom stereocenters. The molecule has 14 heavy (non-hydrogen) atoms. The van der Waals surface area contributed by atoms with Crippen LogP contribution in [-0.4, -0.2) is 4.98 Å². The second-order valence-corrected chi connectivity index (χ2v) is 3.03. The van der Waals surface area contributed by atoms with Gasteiger partial charge in [0.25, 0.3) is 0 Å². The van der Waals surface area contributed by atoms with Crippen molar-refractivity contribution in [3.05, 3.63) is 30.0 Å². The van der Waals surface area contributed by atoms with Crippen molar-refractivity contribution >= 4 is 16.6 Å². The summed E-state index contributed by atoms with van der Waals surface area (Å²) < 4.78 is 36.8. The number of anilines is 1. The van der Waals surface area contributed by atoms with Gasteiger partial charge in [0.2, 0.25) is 0 Å². The third kappa shape index (κ3) is 1.41. The molecule has 0 bridgehead atoms. The first-order chi connectivity index (χ1) is 6.47. The average molecular weight is 200 g/mol. The Bertz CT molecular complexity index is 470. The summed E-state index contributed by atoms with van der Waals surface area (Å²) in [5.74, 6) is 0. The number of halogens is 3. The number of benzene rings is 1. The van der Waals surface area contributed by atoms with Gasteiger partial charge in [-0.2, -0.15) is 13.2 Å². The number of hydrogen-bond acceptors (Lipinski definition) is 1. The number of fused-ring (bicyclic) bond motifs is 1. The minimum Gasteiger partial charge on any atom is -0.399 e. The van der Waals surface area contributed by atoms with Crippen LogP contribution < -0.4 is 5.73 Å². The molecule has 2 nitrogen and oxygen atoms in total. The van der Waals surface area contributed by atoms with E-state index in [2.05, 4.69) is 4.98 Å². The lowest BCUT2D eigenvalue weighted by molar-refractivity contribution is -0.140. The number of H-pyrrole nitrogens is 1. The molecule has 74 valence electrons. The molecule has 0 aliphatic rings. The standard InChI is InChI=1S/C9H7F3N2/c10-9(11,12)8-3-5-1-2-6(13)4-7(5)14-8/h1-4,14H,13H2. The molecule has 0 spiro atoms. The van der Waals surface area contributed by atoms with Gasteiger partial charge >= 0.3 is 6.18 Å². The van der Waals surface area contributed by atoms with E-state index in [9.17, 15) is 13.2 Å². The number of nitrogen functional groups attached to an aromatic ring is 1. The van der Waals surface area contributed by atoms with Gasteiger partial charge < -0.3 is 10.7 Å². The number of aromatic amines is 1. The molecular formula is C9H7F3N2. The maximum Gasteiger partial charge on any atom is 0.431 e. The van der Waals surface area contributed by atoms with E-state index in [-0.39, 0.29) is 0 Å². The molecule has 2 aromatic rings. The summed E-state index contributed by atoms with van der Waals surface area (Å²) in [4.78, 5) is 2.27. The Morgan fingerprint density at radius 1 is 1.14 bits per heavy atom. The van der Waals surface area contributed by atoms with Crippen LogP contribution in [-0.2, 0) is 6.18 Å². The highest BCUT2D eigenvalue weighted by molar-refractivity contribution is 5.83. The van der Waals surface area contributed by atoms with E-state index in [4.69, 9.17) is 5.73 Å². The third-order valence-electron chi connectivity index (χ3n) is 1.95. The van der Waals surface area contributed by atoms with Gasteiger partial charge in [0, 0.05) is 16.6 Å². The van der Waals surface area contributed by atoms with Crippen LogP contribution in [0.4, 0.5) is 18.9 Å².